The van der Waals surface area contributed by atoms with Crippen LogP contribution in [0.4, 0.5) is 0 Å². The first-order valence-electron chi connectivity index (χ1n) is 5.94. The van der Waals surface area contributed by atoms with Gasteiger partial charge in [-0.25, -0.2) is 0 Å². The Morgan fingerprint density at radius 2 is 2.13 bits per heavy atom. The van der Waals surface area contributed by atoms with Gasteiger partial charge in [0.2, 0.25) is 5.91 Å². The topological polar surface area (TPSA) is 20.3 Å². The minimum atomic E-state index is 0.246. The van der Waals surface area contributed by atoms with Crippen LogP contribution in [0.1, 0.15) is 40.0 Å². The van der Waals surface area contributed by atoms with E-state index in [2.05, 4.69) is 20.8 Å². The quantitative estimate of drug-likeness (QED) is 0.682. The maximum atomic E-state index is 12.3. The van der Waals surface area contributed by atoms with Gasteiger partial charge in [0.1, 0.15) is 0 Å². The number of carbonyl (C=O) groups excluding carboxylic acids is 1. The fourth-order valence-electron chi connectivity index (χ4n) is 2.44. The highest BCUT2D eigenvalue weighted by Crippen LogP contribution is 2.32. The molecule has 0 aromatic heterocycles. The Morgan fingerprint density at radius 1 is 1.47 bits per heavy atom. The first kappa shape index (κ1) is 12.8. The smallest absolute Gasteiger partial charge is 0.226 e. The van der Waals surface area contributed by atoms with E-state index in [4.69, 9.17) is 11.6 Å². The molecule has 88 valence electrons. The Balaban J connectivity index is 2.62. The second-order valence-electron chi connectivity index (χ2n) is 4.83. The van der Waals surface area contributed by atoms with Gasteiger partial charge in [0, 0.05) is 24.4 Å². The standard InChI is InChI=1S/C12H22ClNO/c1-9(2)14(8-7-13)12(15)11-6-4-5-10(11)3/h9-11H,4-8H2,1-3H3. The number of hydrogen-bond acceptors (Lipinski definition) is 1. The highest BCUT2D eigenvalue weighted by Gasteiger charge is 2.33. The molecule has 0 aromatic rings. The summed E-state index contributed by atoms with van der Waals surface area (Å²) in [5.41, 5.74) is 0. The van der Waals surface area contributed by atoms with Gasteiger partial charge < -0.3 is 4.90 Å². The summed E-state index contributed by atoms with van der Waals surface area (Å²) in [7, 11) is 0. The molecule has 2 unspecified atom stereocenters. The molecule has 0 saturated heterocycles. The van der Waals surface area contributed by atoms with Crippen molar-refractivity contribution in [3.63, 3.8) is 0 Å². The Morgan fingerprint density at radius 3 is 2.53 bits per heavy atom. The normalized spacial score (nSPS) is 25.9. The van der Waals surface area contributed by atoms with Crippen molar-refractivity contribution >= 4 is 17.5 Å². The molecule has 0 aromatic carbocycles. The maximum absolute atomic E-state index is 12.3. The second kappa shape index (κ2) is 5.74. The molecule has 3 heteroatoms. The number of carbonyl (C=O) groups is 1. The minimum Gasteiger partial charge on any atom is -0.339 e. The van der Waals surface area contributed by atoms with Crippen LogP contribution in [-0.2, 0) is 4.79 Å². The lowest BCUT2D eigenvalue weighted by Gasteiger charge is -2.30. The van der Waals surface area contributed by atoms with E-state index in [1.54, 1.807) is 0 Å². The summed E-state index contributed by atoms with van der Waals surface area (Å²) in [6, 6.07) is 0.268. The number of amides is 1. The van der Waals surface area contributed by atoms with Crippen molar-refractivity contribution in [2.75, 3.05) is 12.4 Å². The Kier molecular flexibility index (Phi) is 4.91. The number of rotatable bonds is 4. The number of nitrogens with zero attached hydrogens (tertiary/aromatic N) is 1. The highest BCUT2D eigenvalue weighted by molar-refractivity contribution is 6.18. The molecule has 0 aliphatic heterocycles. The van der Waals surface area contributed by atoms with Gasteiger partial charge in [-0.2, -0.15) is 0 Å². The predicted octanol–water partition coefficient (Wildman–Crippen LogP) is 2.90. The van der Waals surface area contributed by atoms with Crippen LogP contribution >= 0.6 is 11.6 Å². The minimum absolute atomic E-state index is 0.246. The van der Waals surface area contributed by atoms with Crippen molar-refractivity contribution in [1.29, 1.82) is 0 Å². The number of alkyl halides is 1. The SMILES string of the molecule is CC1CCCC1C(=O)N(CCCl)C(C)C. The number of halogens is 1. The molecule has 1 saturated carbocycles. The molecular weight excluding hydrogens is 210 g/mol. The number of hydrogen-bond donors (Lipinski definition) is 0. The molecule has 0 bridgehead atoms. The highest BCUT2D eigenvalue weighted by atomic mass is 35.5. The molecule has 1 fully saturated rings. The summed E-state index contributed by atoms with van der Waals surface area (Å²) in [6.07, 6.45) is 3.46. The van der Waals surface area contributed by atoms with Gasteiger partial charge in [-0.1, -0.05) is 13.3 Å². The van der Waals surface area contributed by atoms with Crippen LogP contribution in [0.25, 0.3) is 0 Å². The van der Waals surface area contributed by atoms with Crippen molar-refractivity contribution in [3.05, 3.63) is 0 Å². The van der Waals surface area contributed by atoms with Crippen molar-refractivity contribution < 1.29 is 4.79 Å². The molecule has 0 heterocycles. The van der Waals surface area contributed by atoms with E-state index in [1.165, 1.54) is 12.8 Å². The van der Waals surface area contributed by atoms with Crippen LogP contribution in [0, 0.1) is 11.8 Å². The third-order valence-electron chi connectivity index (χ3n) is 3.41. The van der Waals surface area contributed by atoms with Gasteiger partial charge in [-0.15, -0.1) is 11.6 Å². The van der Waals surface area contributed by atoms with E-state index in [-0.39, 0.29) is 12.0 Å². The maximum Gasteiger partial charge on any atom is 0.226 e. The third kappa shape index (κ3) is 3.10. The summed E-state index contributed by atoms with van der Waals surface area (Å²) in [5.74, 6) is 1.64. The molecule has 1 aliphatic rings. The third-order valence-corrected chi connectivity index (χ3v) is 3.58. The van der Waals surface area contributed by atoms with Gasteiger partial charge in [0.25, 0.3) is 0 Å². The van der Waals surface area contributed by atoms with Crippen LogP contribution in [0.5, 0.6) is 0 Å². The molecule has 2 nitrogen and oxygen atoms in total. The lowest BCUT2D eigenvalue weighted by atomic mass is 9.96. The zero-order valence-electron chi connectivity index (χ0n) is 10.0. The average Bonchev–Trinajstić information content (AvgIpc) is 2.59. The molecular formula is C12H22ClNO. The molecule has 1 rings (SSSR count). The van der Waals surface area contributed by atoms with Crippen LogP contribution < -0.4 is 0 Å². The van der Waals surface area contributed by atoms with Crippen molar-refractivity contribution in [1.82, 2.24) is 4.90 Å². The second-order valence-corrected chi connectivity index (χ2v) is 5.21. The molecule has 0 N–H and O–H groups in total. The lowest BCUT2D eigenvalue weighted by Crippen LogP contribution is -2.42. The van der Waals surface area contributed by atoms with Gasteiger partial charge in [0.05, 0.1) is 0 Å². The fourth-order valence-corrected chi connectivity index (χ4v) is 2.62. The molecule has 15 heavy (non-hydrogen) atoms. The van der Waals surface area contributed by atoms with E-state index in [0.29, 0.717) is 24.2 Å². The van der Waals surface area contributed by atoms with Crippen LogP contribution in [0.15, 0.2) is 0 Å². The summed E-state index contributed by atoms with van der Waals surface area (Å²) in [6.45, 7) is 6.99. The fraction of sp³-hybridized carbons (Fsp3) is 0.917. The van der Waals surface area contributed by atoms with Crippen LogP contribution in [0.3, 0.4) is 0 Å². The van der Waals surface area contributed by atoms with Crippen molar-refractivity contribution in [2.45, 2.75) is 46.1 Å². The van der Waals surface area contributed by atoms with Gasteiger partial charge >= 0.3 is 0 Å². The van der Waals surface area contributed by atoms with Gasteiger partial charge in [-0.3, -0.25) is 4.79 Å². The molecule has 2 atom stereocenters. The van der Waals surface area contributed by atoms with Gasteiger partial charge in [0.15, 0.2) is 0 Å². The molecule has 0 spiro atoms. The Hall–Kier alpha value is -0.240. The van der Waals surface area contributed by atoms with E-state index in [1.807, 2.05) is 4.90 Å². The van der Waals surface area contributed by atoms with Crippen LogP contribution in [0.2, 0.25) is 0 Å². The summed E-state index contributed by atoms with van der Waals surface area (Å²) in [5, 5.41) is 0. The van der Waals surface area contributed by atoms with E-state index in [0.717, 1.165) is 6.42 Å². The zero-order chi connectivity index (χ0) is 11.4. The molecule has 1 aliphatic carbocycles. The zero-order valence-corrected chi connectivity index (χ0v) is 10.8. The van der Waals surface area contributed by atoms with Crippen molar-refractivity contribution in [2.24, 2.45) is 11.8 Å². The van der Waals surface area contributed by atoms with Crippen molar-refractivity contribution in [3.8, 4) is 0 Å². The lowest BCUT2D eigenvalue weighted by molar-refractivity contribution is -0.137. The van der Waals surface area contributed by atoms with E-state index < -0.39 is 0 Å². The van der Waals surface area contributed by atoms with E-state index in [9.17, 15) is 4.79 Å². The Bertz CT molecular complexity index is 218. The predicted molar refractivity (Wildman–Crippen MR) is 64.1 cm³/mol. The summed E-state index contributed by atoms with van der Waals surface area (Å²) < 4.78 is 0. The molecule has 1 amide bonds. The molecule has 0 radical (unpaired) electrons. The first-order chi connectivity index (χ1) is 7.07. The Labute approximate surface area is 98.0 Å². The average molecular weight is 232 g/mol. The summed E-state index contributed by atoms with van der Waals surface area (Å²) >= 11 is 5.73. The largest absolute Gasteiger partial charge is 0.339 e. The van der Waals surface area contributed by atoms with Gasteiger partial charge in [-0.05, 0) is 32.6 Å². The van der Waals surface area contributed by atoms with E-state index >= 15 is 0 Å². The van der Waals surface area contributed by atoms with Crippen LogP contribution in [-0.4, -0.2) is 29.3 Å². The first-order valence-corrected chi connectivity index (χ1v) is 6.47. The monoisotopic (exact) mass is 231 g/mol. The summed E-state index contributed by atoms with van der Waals surface area (Å²) in [4.78, 5) is 14.2.